The number of nitrogens with zero attached hydrogens (tertiary/aromatic N) is 4. The van der Waals surface area contributed by atoms with E-state index in [9.17, 15) is 4.79 Å². The van der Waals surface area contributed by atoms with Crippen LogP contribution < -0.4 is 4.90 Å². The van der Waals surface area contributed by atoms with Crippen molar-refractivity contribution in [2.45, 2.75) is 51.9 Å². The third kappa shape index (κ3) is 2.97. The molecule has 0 aromatic carbocycles. The van der Waals surface area contributed by atoms with E-state index in [4.69, 9.17) is 0 Å². The molecule has 1 amide bonds. The molecule has 1 aliphatic carbocycles. The highest BCUT2D eigenvalue weighted by atomic mass is 32.1. The van der Waals surface area contributed by atoms with E-state index in [2.05, 4.69) is 26.9 Å². The second kappa shape index (κ2) is 6.04. The van der Waals surface area contributed by atoms with Crippen LogP contribution in [0.25, 0.3) is 0 Å². The van der Waals surface area contributed by atoms with Gasteiger partial charge in [0.25, 0.3) is 0 Å². The summed E-state index contributed by atoms with van der Waals surface area (Å²) in [5, 5.41) is 10.8. The highest BCUT2D eigenvalue weighted by Gasteiger charge is 2.49. The zero-order valence-electron chi connectivity index (χ0n) is 14.0. The largest absolute Gasteiger partial charge is 0.346 e. The van der Waals surface area contributed by atoms with Crippen LogP contribution >= 0.6 is 11.3 Å². The van der Waals surface area contributed by atoms with E-state index in [1.165, 1.54) is 12.8 Å². The lowest BCUT2D eigenvalue weighted by atomic mass is 9.78. The average molecular weight is 334 g/mol. The van der Waals surface area contributed by atoms with Crippen LogP contribution in [0.15, 0.2) is 0 Å². The van der Waals surface area contributed by atoms with Crippen molar-refractivity contribution in [2.75, 3.05) is 31.1 Å². The van der Waals surface area contributed by atoms with Gasteiger partial charge in [0.2, 0.25) is 11.0 Å². The number of likely N-dealkylation sites (tertiary alicyclic amines) is 1. The molecule has 4 rings (SSSR count). The molecule has 2 saturated heterocycles. The summed E-state index contributed by atoms with van der Waals surface area (Å²) in [5.41, 5.74) is -0.149. The zero-order valence-corrected chi connectivity index (χ0v) is 14.8. The smallest absolute Gasteiger partial charge is 0.230 e. The summed E-state index contributed by atoms with van der Waals surface area (Å²) in [6, 6.07) is 0. The van der Waals surface area contributed by atoms with Gasteiger partial charge in [-0.25, -0.2) is 0 Å². The molecule has 126 valence electrons. The normalized spacial score (nSPS) is 28.1. The SMILES string of the molecule is CCCc1nnc(N2CC[C@@]3(CCCN(CC4CC4)C3=O)C2)s1. The van der Waals surface area contributed by atoms with Gasteiger partial charge in [0.15, 0.2) is 0 Å². The fourth-order valence-corrected chi connectivity index (χ4v) is 5.01. The molecule has 0 unspecified atom stereocenters. The number of rotatable bonds is 5. The van der Waals surface area contributed by atoms with Gasteiger partial charge in [-0.2, -0.15) is 0 Å². The lowest BCUT2D eigenvalue weighted by molar-refractivity contribution is -0.145. The number of amides is 1. The number of piperidine rings is 1. The monoisotopic (exact) mass is 334 g/mol. The summed E-state index contributed by atoms with van der Waals surface area (Å²) in [4.78, 5) is 17.5. The molecular formula is C17H26N4OS. The van der Waals surface area contributed by atoms with Crippen molar-refractivity contribution in [3.05, 3.63) is 5.01 Å². The van der Waals surface area contributed by atoms with Crippen molar-refractivity contribution < 1.29 is 4.79 Å². The Morgan fingerprint density at radius 2 is 2.13 bits per heavy atom. The van der Waals surface area contributed by atoms with Crippen molar-refractivity contribution in [3.8, 4) is 0 Å². The maximum atomic E-state index is 13.1. The van der Waals surface area contributed by atoms with Crippen LogP contribution in [0, 0.1) is 11.3 Å². The highest BCUT2D eigenvalue weighted by Crippen LogP contribution is 2.43. The Kier molecular flexibility index (Phi) is 4.03. The number of hydrogen-bond donors (Lipinski definition) is 0. The molecule has 1 aromatic heterocycles. The van der Waals surface area contributed by atoms with Gasteiger partial charge in [0, 0.05) is 32.6 Å². The summed E-state index contributed by atoms with van der Waals surface area (Å²) in [6.45, 7) is 5.93. The maximum absolute atomic E-state index is 13.1. The predicted molar refractivity (Wildman–Crippen MR) is 91.7 cm³/mol. The Bertz CT molecular complexity index is 585. The van der Waals surface area contributed by atoms with E-state index in [1.54, 1.807) is 11.3 Å². The highest BCUT2D eigenvalue weighted by molar-refractivity contribution is 7.15. The molecule has 0 bridgehead atoms. The van der Waals surface area contributed by atoms with E-state index < -0.39 is 0 Å². The standard InChI is InChI=1S/C17H26N4OS/c1-2-4-14-18-19-16(23-14)21-10-8-17(12-21)7-3-9-20(15(17)22)11-13-5-6-13/h13H,2-12H2,1H3/t17-/m0/s1. The molecule has 1 atom stereocenters. The Morgan fingerprint density at radius 1 is 1.26 bits per heavy atom. The van der Waals surface area contributed by atoms with Crippen molar-refractivity contribution in [2.24, 2.45) is 11.3 Å². The second-order valence-corrected chi connectivity index (χ2v) is 8.52. The summed E-state index contributed by atoms with van der Waals surface area (Å²) >= 11 is 1.70. The summed E-state index contributed by atoms with van der Waals surface area (Å²) in [6.07, 6.45) is 7.92. The lowest BCUT2D eigenvalue weighted by Gasteiger charge is -2.39. The number of aromatic nitrogens is 2. The van der Waals surface area contributed by atoms with E-state index in [0.717, 1.165) is 74.3 Å². The first-order chi connectivity index (χ1) is 11.2. The number of hydrogen-bond acceptors (Lipinski definition) is 5. The molecule has 23 heavy (non-hydrogen) atoms. The number of aryl methyl sites for hydroxylation is 1. The van der Waals surface area contributed by atoms with Crippen molar-refractivity contribution in [3.63, 3.8) is 0 Å². The molecule has 0 radical (unpaired) electrons. The zero-order chi connectivity index (χ0) is 15.9. The molecule has 5 nitrogen and oxygen atoms in total. The third-order valence-corrected chi connectivity index (χ3v) is 6.59. The van der Waals surface area contributed by atoms with E-state index in [-0.39, 0.29) is 5.41 Å². The van der Waals surface area contributed by atoms with Crippen molar-refractivity contribution in [1.29, 1.82) is 0 Å². The van der Waals surface area contributed by atoms with E-state index in [1.807, 2.05) is 0 Å². The van der Waals surface area contributed by atoms with Gasteiger partial charge < -0.3 is 9.80 Å². The summed E-state index contributed by atoms with van der Waals surface area (Å²) < 4.78 is 0. The fourth-order valence-electron chi connectivity index (χ4n) is 4.04. The number of anilines is 1. The van der Waals surface area contributed by atoms with Crippen molar-refractivity contribution >= 4 is 22.4 Å². The molecule has 0 N–H and O–H groups in total. The van der Waals surface area contributed by atoms with Gasteiger partial charge in [-0.15, -0.1) is 10.2 Å². The van der Waals surface area contributed by atoms with E-state index >= 15 is 0 Å². The second-order valence-electron chi connectivity index (χ2n) is 7.48. The molecule has 6 heteroatoms. The van der Waals surface area contributed by atoms with Crippen LogP contribution in [0.1, 0.15) is 50.5 Å². The van der Waals surface area contributed by atoms with E-state index in [0.29, 0.717) is 5.91 Å². The molecule has 1 spiro atoms. The maximum Gasteiger partial charge on any atom is 0.230 e. The average Bonchev–Trinajstić information content (AvgIpc) is 3.07. The van der Waals surface area contributed by atoms with Gasteiger partial charge in [-0.1, -0.05) is 18.3 Å². The first kappa shape index (κ1) is 15.4. The molecular weight excluding hydrogens is 308 g/mol. The number of carbonyl (C=O) groups excluding carboxylic acids is 1. The predicted octanol–water partition coefficient (Wildman–Crippen LogP) is 2.72. The quantitative estimate of drug-likeness (QED) is 0.831. The topological polar surface area (TPSA) is 49.3 Å². The minimum atomic E-state index is -0.149. The van der Waals surface area contributed by atoms with Crippen LogP contribution in [0.3, 0.4) is 0 Å². The first-order valence-electron chi connectivity index (χ1n) is 9.07. The van der Waals surface area contributed by atoms with Gasteiger partial charge in [0.1, 0.15) is 5.01 Å². The van der Waals surface area contributed by atoms with Gasteiger partial charge in [-0.3, -0.25) is 4.79 Å². The van der Waals surface area contributed by atoms with Crippen molar-refractivity contribution in [1.82, 2.24) is 15.1 Å². The van der Waals surface area contributed by atoms with Gasteiger partial charge in [0.05, 0.1) is 5.41 Å². The minimum absolute atomic E-state index is 0.149. The fraction of sp³-hybridized carbons (Fsp3) is 0.824. The Labute approximate surface area is 142 Å². The van der Waals surface area contributed by atoms with Crippen LogP contribution in [0.2, 0.25) is 0 Å². The Hall–Kier alpha value is -1.17. The first-order valence-corrected chi connectivity index (χ1v) is 9.88. The third-order valence-electron chi connectivity index (χ3n) is 5.54. The van der Waals surface area contributed by atoms with Gasteiger partial charge in [-0.05, 0) is 44.4 Å². The van der Waals surface area contributed by atoms with Crippen LogP contribution in [-0.4, -0.2) is 47.2 Å². The Morgan fingerprint density at radius 3 is 2.91 bits per heavy atom. The summed E-state index contributed by atoms with van der Waals surface area (Å²) in [7, 11) is 0. The summed E-state index contributed by atoms with van der Waals surface area (Å²) in [5.74, 6) is 1.20. The minimum Gasteiger partial charge on any atom is -0.346 e. The molecule has 3 fully saturated rings. The van der Waals surface area contributed by atoms with Gasteiger partial charge >= 0.3 is 0 Å². The lowest BCUT2D eigenvalue weighted by Crippen LogP contribution is -2.50. The molecule has 3 heterocycles. The molecule has 3 aliphatic rings. The van der Waals surface area contributed by atoms with Crippen LogP contribution in [-0.2, 0) is 11.2 Å². The number of carbonyl (C=O) groups is 1. The molecule has 1 saturated carbocycles. The van der Waals surface area contributed by atoms with Crippen LogP contribution in [0.5, 0.6) is 0 Å². The van der Waals surface area contributed by atoms with Crippen LogP contribution in [0.4, 0.5) is 5.13 Å². The molecule has 1 aromatic rings. The molecule has 2 aliphatic heterocycles. The Balaban J connectivity index is 1.45.